The zero-order valence-electron chi connectivity index (χ0n) is 14.8. The molecule has 0 atom stereocenters. The van der Waals surface area contributed by atoms with Crippen molar-refractivity contribution in [1.29, 1.82) is 0 Å². The zero-order valence-corrected chi connectivity index (χ0v) is 14.8. The van der Waals surface area contributed by atoms with Gasteiger partial charge >= 0.3 is 5.97 Å². The molecule has 5 nitrogen and oxygen atoms in total. The normalized spacial score (nSPS) is 10.1. The van der Waals surface area contributed by atoms with Gasteiger partial charge in [0.25, 0.3) is 5.91 Å². The number of methoxy groups -OCH3 is 1. The lowest BCUT2D eigenvalue weighted by Gasteiger charge is -2.11. The Morgan fingerprint density at radius 1 is 0.852 bits per heavy atom. The minimum absolute atomic E-state index is 0.389. The number of amides is 1. The van der Waals surface area contributed by atoms with Crippen molar-refractivity contribution in [1.82, 2.24) is 0 Å². The summed E-state index contributed by atoms with van der Waals surface area (Å²) in [5.74, 6) is -0.457. The zero-order chi connectivity index (χ0) is 19.1. The number of esters is 1. The number of para-hydroxylation sites is 2. The van der Waals surface area contributed by atoms with E-state index in [0.717, 1.165) is 11.1 Å². The van der Waals surface area contributed by atoms with Crippen LogP contribution in [-0.2, 0) is 9.53 Å². The van der Waals surface area contributed by atoms with Crippen LogP contribution in [0.1, 0.15) is 10.4 Å². The molecule has 0 spiro atoms. The number of rotatable bonds is 6. The fourth-order valence-corrected chi connectivity index (χ4v) is 2.67. The van der Waals surface area contributed by atoms with Crippen molar-refractivity contribution < 1.29 is 19.1 Å². The molecule has 0 aliphatic carbocycles. The van der Waals surface area contributed by atoms with Crippen LogP contribution >= 0.6 is 0 Å². The van der Waals surface area contributed by atoms with E-state index in [9.17, 15) is 9.59 Å². The third-order valence-electron chi connectivity index (χ3n) is 3.95. The molecule has 0 saturated heterocycles. The van der Waals surface area contributed by atoms with Crippen LogP contribution in [0, 0.1) is 0 Å². The van der Waals surface area contributed by atoms with Crippen LogP contribution in [-0.4, -0.2) is 25.6 Å². The maximum absolute atomic E-state index is 12.5. The van der Waals surface area contributed by atoms with Gasteiger partial charge in [-0.2, -0.15) is 0 Å². The molecule has 136 valence electrons. The molecule has 3 aromatic carbocycles. The predicted octanol–water partition coefficient (Wildman–Crippen LogP) is 4.16. The number of carbonyl (C=O) groups excluding carboxylic acids is 2. The van der Waals surface area contributed by atoms with Crippen LogP contribution < -0.4 is 10.1 Å². The number of anilines is 1. The van der Waals surface area contributed by atoms with E-state index in [4.69, 9.17) is 9.47 Å². The van der Waals surface area contributed by atoms with Gasteiger partial charge in [-0.05, 0) is 29.3 Å². The van der Waals surface area contributed by atoms with Crippen molar-refractivity contribution in [2.24, 2.45) is 0 Å². The minimum Gasteiger partial charge on any atom is -0.495 e. The Bertz CT molecular complexity index is 938. The first-order valence-corrected chi connectivity index (χ1v) is 8.43. The number of hydrogen-bond donors (Lipinski definition) is 1. The summed E-state index contributed by atoms with van der Waals surface area (Å²) < 4.78 is 10.4. The molecule has 1 amide bonds. The molecule has 3 rings (SSSR count). The van der Waals surface area contributed by atoms with Gasteiger partial charge in [-0.1, -0.05) is 60.7 Å². The number of ether oxygens (including phenoxy) is 2. The van der Waals surface area contributed by atoms with E-state index >= 15 is 0 Å². The van der Waals surface area contributed by atoms with Gasteiger partial charge in [0.1, 0.15) is 5.75 Å². The van der Waals surface area contributed by atoms with E-state index in [2.05, 4.69) is 5.32 Å². The molecule has 0 fully saturated rings. The molecule has 0 aliphatic heterocycles. The number of hydrogen-bond acceptors (Lipinski definition) is 4. The number of nitrogens with one attached hydrogen (secondary N) is 1. The second-order valence-electron chi connectivity index (χ2n) is 5.74. The largest absolute Gasteiger partial charge is 0.495 e. The van der Waals surface area contributed by atoms with Gasteiger partial charge in [-0.25, -0.2) is 4.79 Å². The summed E-state index contributed by atoms with van der Waals surface area (Å²) >= 11 is 0. The third-order valence-corrected chi connectivity index (χ3v) is 3.95. The molecule has 0 saturated carbocycles. The summed E-state index contributed by atoms with van der Waals surface area (Å²) in [4.78, 5) is 24.6. The molecule has 0 aromatic heterocycles. The predicted molar refractivity (Wildman–Crippen MR) is 104 cm³/mol. The van der Waals surface area contributed by atoms with Crippen LogP contribution in [0.15, 0.2) is 78.9 Å². The Kier molecular flexibility index (Phi) is 5.84. The van der Waals surface area contributed by atoms with Gasteiger partial charge in [-0.3, -0.25) is 4.79 Å². The molecule has 5 heteroatoms. The van der Waals surface area contributed by atoms with E-state index in [0.29, 0.717) is 17.0 Å². The Morgan fingerprint density at radius 3 is 2.30 bits per heavy atom. The Labute approximate surface area is 157 Å². The van der Waals surface area contributed by atoms with Crippen LogP contribution in [0.5, 0.6) is 5.75 Å². The third kappa shape index (κ3) is 4.52. The highest BCUT2D eigenvalue weighted by Gasteiger charge is 2.15. The first kappa shape index (κ1) is 18.2. The summed E-state index contributed by atoms with van der Waals surface area (Å²) in [5.41, 5.74) is 2.59. The number of carbonyl (C=O) groups is 2. The van der Waals surface area contributed by atoms with Crippen LogP contribution in [0.4, 0.5) is 5.69 Å². The van der Waals surface area contributed by atoms with Gasteiger partial charge in [-0.15, -0.1) is 0 Å². The summed E-state index contributed by atoms with van der Waals surface area (Å²) in [6, 6.07) is 23.7. The van der Waals surface area contributed by atoms with E-state index in [-0.39, 0.29) is 6.61 Å². The second-order valence-corrected chi connectivity index (χ2v) is 5.74. The van der Waals surface area contributed by atoms with Crippen molar-refractivity contribution >= 4 is 17.6 Å². The van der Waals surface area contributed by atoms with E-state index in [1.54, 1.807) is 36.4 Å². The lowest BCUT2D eigenvalue weighted by Crippen LogP contribution is -2.21. The van der Waals surface area contributed by atoms with E-state index < -0.39 is 11.9 Å². The lowest BCUT2D eigenvalue weighted by molar-refractivity contribution is -0.119. The summed E-state index contributed by atoms with van der Waals surface area (Å²) in [6.07, 6.45) is 0. The quantitative estimate of drug-likeness (QED) is 0.670. The standard InChI is InChI=1S/C22H19NO4/c1-26-20-14-8-7-13-19(20)23-21(24)15-27-22(25)18-12-6-5-11-17(18)16-9-3-2-4-10-16/h2-14H,15H2,1H3,(H,23,24). The molecule has 0 aliphatic rings. The highest BCUT2D eigenvalue weighted by Crippen LogP contribution is 2.25. The minimum atomic E-state index is -0.551. The summed E-state index contributed by atoms with van der Waals surface area (Å²) in [5, 5.41) is 2.67. The van der Waals surface area contributed by atoms with Gasteiger partial charge in [0.2, 0.25) is 0 Å². The average molecular weight is 361 g/mol. The maximum Gasteiger partial charge on any atom is 0.339 e. The molecule has 0 bridgehead atoms. The summed E-state index contributed by atoms with van der Waals surface area (Å²) in [7, 11) is 1.52. The Morgan fingerprint density at radius 2 is 1.52 bits per heavy atom. The first-order valence-electron chi connectivity index (χ1n) is 8.43. The molecule has 3 aromatic rings. The fraction of sp³-hybridized carbons (Fsp3) is 0.0909. The van der Waals surface area contributed by atoms with E-state index in [1.165, 1.54) is 7.11 Å². The Balaban J connectivity index is 1.67. The van der Waals surface area contributed by atoms with Gasteiger partial charge in [0, 0.05) is 0 Å². The van der Waals surface area contributed by atoms with Crippen molar-refractivity contribution in [2.45, 2.75) is 0 Å². The molecular weight excluding hydrogens is 342 g/mol. The smallest absolute Gasteiger partial charge is 0.339 e. The van der Waals surface area contributed by atoms with Crippen molar-refractivity contribution in [2.75, 3.05) is 19.0 Å². The highest BCUT2D eigenvalue weighted by molar-refractivity contribution is 5.99. The van der Waals surface area contributed by atoms with Gasteiger partial charge in [0.15, 0.2) is 6.61 Å². The SMILES string of the molecule is COc1ccccc1NC(=O)COC(=O)c1ccccc1-c1ccccc1. The number of benzene rings is 3. The second kappa shape index (κ2) is 8.67. The van der Waals surface area contributed by atoms with Crippen LogP contribution in [0.3, 0.4) is 0 Å². The van der Waals surface area contributed by atoms with E-state index in [1.807, 2.05) is 42.5 Å². The maximum atomic E-state index is 12.5. The Hall–Kier alpha value is -3.60. The van der Waals surface area contributed by atoms with Gasteiger partial charge in [0.05, 0.1) is 18.4 Å². The molecule has 0 radical (unpaired) electrons. The summed E-state index contributed by atoms with van der Waals surface area (Å²) in [6.45, 7) is -0.389. The van der Waals surface area contributed by atoms with Gasteiger partial charge < -0.3 is 14.8 Å². The van der Waals surface area contributed by atoms with Crippen molar-refractivity contribution in [3.8, 4) is 16.9 Å². The van der Waals surface area contributed by atoms with Crippen LogP contribution in [0.25, 0.3) is 11.1 Å². The molecule has 27 heavy (non-hydrogen) atoms. The molecule has 1 N–H and O–H groups in total. The van der Waals surface area contributed by atoms with Crippen LogP contribution in [0.2, 0.25) is 0 Å². The first-order chi connectivity index (χ1) is 13.2. The topological polar surface area (TPSA) is 64.6 Å². The highest BCUT2D eigenvalue weighted by atomic mass is 16.5. The van der Waals surface area contributed by atoms with Crippen molar-refractivity contribution in [3.05, 3.63) is 84.4 Å². The average Bonchev–Trinajstić information content (AvgIpc) is 2.73. The fourth-order valence-electron chi connectivity index (χ4n) is 2.67. The molecular formula is C22H19NO4. The molecule has 0 unspecified atom stereocenters. The molecule has 0 heterocycles. The monoisotopic (exact) mass is 361 g/mol. The lowest BCUT2D eigenvalue weighted by atomic mass is 10.00. The van der Waals surface area contributed by atoms with Crippen molar-refractivity contribution in [3.63, 3.8) is 0 Å².